The second-order valence-electron chi connectivity index (χ2n) is 9.25. The molecule has 2 fully saturated rings. The number of carbonyl (C=O) groups is 4. The Balaban J connectivity index is 1.46. The van der Waals surface area contributed by atoms with Crippen LogP contribution < -0.4 is 16.0 Å². The number of carbonyl (C=O) groups excluding carboxylic acids is 4. The van der Waals surface area contributed by atoms with Crippen LogP contribution in [-0.2, 0) is 19.1 Å². The third-order valence-corrected chi connectivity index (χ3v) is 6.61. The molecule has 3 atom stereocenters. The molecule has 4 N–H and O–H groups in total. The molecule has 2 aliphatic rings. The fraction of sp³-hybridized carbons (Fsp3) is 0.480. The van der Waals surface area contributed by atoms with Crippen molar-refractivity contribution in [2.45, 2.75) is 50.6 Å². The van der Waals surface area contributed by atoms with Gasteiger partial charge < -0.3 is 25.7 Å². The van der Waals surface area contributed by atoms with Gasteiger partial charge in [0.2, 0.25) is 11.8 Å². The summed E-state index contributed by atoms with van der Waals surface area (Å²) in [7, 11) is 1.24. The zero-order chi connectivity index (χ0) is 24.9. The van der Waals surface area contributed by atoms with E-state index in [-0.39, 0.29) is 18.0 Å². The van der Waals surface area contributed by atoms with Crippen LogP contribution in [0.4, 0.5) is 0 Å². The minimum atomic E-state index is -0.988. The van der Waals surface area contributed by atoms with Crippen molar-refractivity contribution in [3.63, 3.8) is 0 Å². The summed E-state index contributed by atoms with van der Waals surface area (Å²) in [5.74, 6) is -1.78. The Morgan fingerprint density at radius 1 is 1.14 bits per heavy atom. The van der Waals surface area contributed by atoms with Crippen molar-refractivity contribution < 1.29 is 23.9 Å². The van der Waals surface area contributed by atoms with Crippen LogP contribution in [0.1, 0.15) is 54.6 Å². The van der Waals surface area contributed by atoms with E-state index in [9.17, 15) is 19.2 Å². The molecule has 35 heavy (non-hydrogen) atoms. The van der Waals surface area contributed by atoms with Gasteiger partial charge in [-0.25, -0.2) is 4.79 Å². The quantitative estimate of drug-likeness (QED) is 0.400. The van der Waals surface area contributed by atoms with Gasteiger partial charge in [0.25, 0.3) is 5.91 Å². The van der Waals surface area contributed by atoms with Gasteiger partial charge in [-0.15, -0.1) is 0 Å². The van der Waals surface area contributed by atoms with Crippen LogP contribution in [0.25, 0.3) is 10.9 Å². The molecule has 0 bridgehead atoms. The lowest BCUT2D eigenvalue weighted by molar-refractivity contribution is -0.146. The number of ether oxygens (including phenoxy) is 1. The summed E-state index contributed by atoms with van der Waals surface area (Å²) < 4.78 is 4.87. The second kappa shape index (κ2) is 10.6. The maximum absolute atomic E-state index is 13.2. The van der Waals surface area contributed by atoms with Gasteiger partial charge in [-0.3, -0.25) is 14.4 Å². The summed E-state index contributed by atoms with van der Waals surface area (Å²) in [5.41, 5.74) is 1.39. The molecular formula is C25H29N5O5. The molecule has 1 aliphatic heterocycles. The lowest BCUT2D eigenvalue weighted by Gasteiger charge is -2.27. The molecule has 10 nitrogen and oxygen atoms in total. The number of nitrogens with one attached hydrogen (secondary N) is 4. The number of amides is 3. The highest BCUT2D eigenvalue weighted by Gasteiger charge is 2.35. The number of piperidine rings is 1. The number of methoxy groups -OCH3 is 1. The molecule has 0 radical (unpaired) electrons. The average Bonchev–Trinajstić information content (AvgIpc) is 3.58. The molecule has 1 aliphatic carbocycles. The molecule has 1 saturated heterocycles. The molecule has 1 aromatic heterocycles. The minimum Gasteiger partial charge on any atom is -0.467 e. The molecule has 2 unspecified atom stereocenters. The van der Waals surface area contributed by atoms with E-state index in [1.54, 1.807) is 24.3 Å². The molecule has 0 spiro atoms. The third kappa shape index (κ3) is 5.98. The van der Waals surface area contributed by atoms with Crippen molar-refractivity contribution >= 4 is 34.6 Å². The van der Waals surface area contributed by atoms with Crippen LogP contribution in [0.5, 0.6) is 0 Å². The molecule has 184 valence electrons. The minimum absolute atomic E-state index is 0.136. The predicted molar refractivity (Wildman–Crippen MR) is 126 cm³/mol. The monoisotopic (exact) mass is 479 g/mol. The third-order valence-electron chi connectivity index (χ3n) is 6.61. The molecule has 4 rings (SSSR count). The summed E-state index contributed by atoms with van der Waals surface area (Å²) in [6, 6.07) is 6.96. The number of esters is 1. The van der Waals surface area contributed by atoms with E-state index in [0.29, 0.717) is 36.4 Å². The number of nitriles is 1. The first-order chi connectivity index (χ1) is 16.9. The SMILES string of the molecule is COC(=O)C(C[C@@H]1CCCNC1=O)NC(=O)C(CC1CC1)NC(=O)c1cc2ccc(C#N)cc2[nH]1. The number of rotatable bonds is 9. The van der Waals surface area contributed by atoms with Crippen LogP contribution >= 0.6 is 0 Å². The van der Waals surface area contributed by atoms with Gasteiger partial charge in [0.05, 0.1) is 18.7 Å². The van der Waals surface area contributed by atoms with E-state index < -0.39 is 35.8 Å². The topological polar surface area (TPSA) is 153 Å². The van der Waals surface area contributed by atoms with Crippen molar-refractivity contribution in [2.75, 3.05) is 13.7 Å². The standard InChI is InChI=1S/C25H29N5O5/c1-35-25(34)21(12-17-3-2-8-27-22(17)31)30-23(32)19(9-14-4-5-14)29-24(33)20-11-16-7-6-15(13-26)10-18(16)28-20/h6-7,10-11,14,17,19,21,28H,2-5,8-9,12H2,1H3,(H,27,31)(H,29,33)(H,30,32)/t17-,19?,21?/m0/s1. The van der Waals surface area contributed by atoms with Crippen molar-refractivity contribution in [3.05, 3.63) is 35.5 Å². The molecule has 1 aromatic carbocycles. The number of aromatic amines is 1. The van der Waals surface area contributed by atoms with Gasteiger partial charge in [-0.2, -0.15) is 5.26 Å². The van der Waals surface area contributed by atoms with Crippen molar-refractivity contribution in [3.8, 4) is 6.07 Å². The first-order valence-corrected chi connectivity index (χ1v) is 11.9. The maximum atomic E-state index is 13.2. The Bertz CT molecular complexity index is 1180. The summed E-state index contributed by atoms with van der Waals surface area (Å²) in [6.45, 7) is 0.603. The second-order valence-corrected chi connectivity index (χ2v) is 9.25. The van der Waals surface area contributed by atoms with Gasteiger partial charge in [0.1, 0.15) is 17.8 Å². The number of aromatic nitrogens is 1. The van der Waals surface area contributed by atoms with Crippen LogP contribution in [0.15, 0.2) is 24.3 Å². The van der Waals surface area contributed by atoms with Crippen LogP contribution in [0.2, 0.25) is 0 Å². The highest BCUT2D eigenvalue weighted by atomic mass is 16.5. The first-order valence-electron chi connectivity index (χ1n) is 11.9. The molecule has 10 heteroatoms. The number of hydrogen-bond donors (Lipinski definition) is 4. The molecule has 2 aromatic rings. The number of H-pyrrole nitrogens is 1. The fourth-order valence-electron chi connectivity index (χ4n) is 4.45. The Labute approximate surface area is 202 Å². The van der Waals surface area contributed by atoms with E-state index in [1.807, 2.05) is 0 Å². The van der Waals surface area contributed by atoms with Crippen molar-refractivity contribution in [1.29, 1.82) is 5.26 Å². The van der Waals surface area contributed by atoms with E-state index in [4.69, 9.17) is 10.00 Å². The van der Waals surface area contributed by atoms with E-state index in [2.05, 4.69) is 27.0 Å². The van der Waals surface area contributed by atoms with Gasteiger partial charge in [0.15, 0.2) is 0 Å². The number of hydrogen-bond acceptors (Lipinski definition) is 6. The molecule has 3 amide bonds. The van der Waals surface area contributed by atoms with Crippen LogP contribution in [0, 0.1) is 23.2 Å². The zero-order valence-corrected chi connectivity index (χ0v) is 19.6. The summed E-state index contributed by atoms with van der Waals surface area (Å²) >= 11 is 0. The molecular weight excluding hydrogens is 450 g/mol. The van der Waals surface area contributed by atoms with Crippen molar-refractivity contribution in [2.24, 2.45) is 11.8 Å². The smallest absolute Gasteiger partial charge is 0.328 e. The Kier molecular flexibility index (Phi) is 7.34. The average molecular weight is 480 g/mol. The number of fused-ring (bicyclic) bond motifs is 1. The van der Waals surface area contributed by atoms with E-state index in [1.165, 1.54) is 7.11 Å². The highest BCUT2D eigenvalue weighted by Crippen LogP contribution is 2.33. The normalized spacial score (nSPS) is 19.2. The Hall–Kier alpha value is -3.87. The lowest BCUT2D eigenvalue weighted by Crippen LogP contribution is -2.53. The Morgan fingerprint density at radius 2 is 1.94 bits per heavy atom. The molecule has 2 heterocycles. The first kappa shape index (κ1) is 24.3. The number of benzene rings is 1. The Morgan fingerprint density at radius 3 is 2.63 bits per heavy atom. The number of nitrogens with zero attached hydrogens (tertiary/aromatic N) is 1. The van der Waals surface area contributed by atoms with Gasteiger partial charge in [-0.05, 0) is 49.8 Å². The summed E-state index contributed by atoms with van der Waals surface area (Å²) in [5, 5.41) is 18.1. The largest absolute Gasteiger partial charge is 0.467 e. The lowest BCUT2D eigenvalue weighted by atomic mass is 9.91. The maximum Gasteiger partial charge on any atom is 0.328 e. The van der Waals surface area contributed by atoms with Crippen molar-refractivity contribution in [1.82, 2.24) is 20.9 Å². The van der Waals surface area contributed by atoms with Crippen LogP contribution in [-0.4, -0.2) is 54.4 Å². The fourth-order valence-corrected chi connectivity index (χ4v) is 4.45. The van der Waals surface area contributed by atoms with E-state index in [0.717, 1.165) is 24.6 Å². The van der Waals surface area contributed by atoms with Gasteiger partial charge >= 0.3 is 5.97 Å². The summed E-state index contributed by atoms with van der Waals surface area (Å²) in [4.78, 5) is 53.8. The van der Waals surface area contributed by atoms with Crippen LogP contribution in [0.3, 0.4) is 0 Å². The van der Waals surface area contributed by atoms with E-state index >= 15 is 0 Å². The molecule has 1 saturated carbocycles. The van der Waals surface area contributed by atoms with Gasteiger partial charge in [-0.1, -0.05) is 18.9 Å². The zero-order valence-electron chi connectivity index (χ0n) is 19.6. The summed E-state index contributed by atoms with van der Waals surface area (Å²) in [6.07, 6.45) is 3.98. The predicted octanol–water partition coefficient (Wildman–Crippen LogP) is 1.51. The highest BCUT2D eigenvalue weighted by molar-refractivity contribution is 6.00. The van der Waals surface area contributed by atoms with Gasteiger partial charge in [0, 0.05) is 23.4 Å².